The highest BCUT2D eigenvalue weighted by Crippen LogP contribution is 2.25. The molecule has 0 bridgehead atoms. The fourth-order valence-electron chi connectivity index (χ4n) is 1.68. The number of carbonyl (C=O) groups is 2. The Labute approximate surface area is 82.4 Å². The van der Waals surface area contributed by atoms with Crippen LogP contribution in [0.2, 0.25) is 0 Å². The van der Waals surface area contributed by atoms with E-state index in [4.69, 9.17) is 0 Å². The van der Waals surface area contributed by atoms with E-state index in [0.29, 0.717) is 0 Å². The molecule has 0 saturated carbocycles. The van der Waals surface area contributed by atoms with Crippen molar-refractivity contribution in [2.75, 3.05) is 0 Å². The average molecular weight is 189 g/mol. The molecule has 0 aromatic rings. The van der Waals surface area contributed by atoms with Crippen LogP contribution in [0.5, 0.6) is 0 Å². The predicted octanol–water partition coefficient (Wildman–Crippen LogP) is 1.39. The van der Waals surface area contributed by atoms with Gasteiger partial charge in [-0.05, 0) is 12.5 Å². The molecule has 0 aromatic carbocycles. The predicted molar refractivity (Wildman–Crippen MR) is 52.0 cm³/mol. The van der Waals surface area contributed by atoms with Crippen molar-refractivity contribution in [3.05, 3.63) is 36.1 Å². The zero-order valence-corrected chi connectivity index (χ0v) is 7.93. The highest BCUT2D eigenvalue weighted by molar-refractivity contribution is 6.14. The quantitative estimate of drug-likeness (QED) is 0.584. The molecule has 0 saturated heterocycles. The van der Waals surface area contributed by atoms with Crippen molar-refractivity contribution in [2.24, 2.45) is 5.92 Å². The van der Waals surface area contributed by atoms with Gasteiger partial charge in [-0.25, -0.2) is 4.90 Å². The van der Waals surface area contributed by atoms with Gasteiger partial charge in [-0.3, -0.25) is 9.59 Å². The number of amides is 2. The molecule has 1 heterocycles. The molecule has 0 aromatic heterocycles. The second kappa shape index (κ2) is 3.25. The molecule has 2 amide bonds. The maximum atomic E-state index is 11.4. The minimum absolute atomic E-state index is 0.229. The molecule has 2 aliphatic rings. The monoisotopic (exact) mass is 189 g/mol. The number of imide groups is 1. The molecule has 1 unspecified atom stereocenters. The molecule has 0 N–H and O–H groups in total. The normalized spacial score (nSPS) is 25.9. The Morgan fingerprint density at radius 2 is 1.93 bits per heavy atom. The lowest BCUT2D eigenvalue weighted by Crippen LogP contribution is -2.32. The summed E-state index contributed by atoms with van der Waals surface area (Å²) in [7, 11) is 0. The summed E-state index contributed by atoms with van der Waals surface area (Å²) in [6.45, 7) is 2.01. The maximum Gasteiger partial charge on any atom is 0.257 e. The fraction of sp³-hybridized carbons (Fsp3) is 0.273. The molecule has 2 rings (SSSR count). The summed E-state index contributed by atoms with van der Waals surface area (Å²) in [6.07, 6.45) is 9.25. The fourth-order valence-corrected chi connectivity index (χ4v) is 1.68. The first kappa shape index (κ1) is 8.94. The molecule has 0 radical (unpaired) electrons. The summed E-state index contributed by atoms with van der Waals surface area (Å²) in [4.78, 5) is 24.0. The van der Waals surface area contributed by atoms with Crippen molar-refractivity contribution in [1.29, 1.82) is 0 Å². The van der Waals surface area contributed by atoms with Crippen LogP contribution in [0.15, 0.2) is 36.1 Å². The summed E-state index contributed by atoms with van der Waals surface area (Å²) in [5, 5.41) is 0. The summed E-state index contributed by atoms with van der Waals surface area (Å²) in [6, 6.07) is 0. The summed E-state index contributed by atoms with van der Waals surface area (Å²) in [5.41, 5.74) is 0.799. The molecule has 0 fully saturated rings. The van der Waals surface area contributed by atoms with Crippen LogP contribution in [0.4, 0.5) is 0 Å². The maximum absolute atomic E-state index is 11.4. The minimum atomic E-state index is -0.233. The van der Waals surface area contributed by atoms with Crippen LogP contribution in [0.3, 0.4) is 0 Å². The van der Waals surface area contributed by atoms with Crippen LogP contribution in [0, 0.1) is 5.92 Å². The van der Waals surface area contributed by atoms with Crippen molar-refractivity contribution in [3.63, 3.8) is 0 Å². The lowest BCUT2D eigenvalue weighted by Gasteiger charge is -2.24. The Balaban J connectivity index is 2.31. The van der Waals surface area contributed by atoms with Gasteiger partial charge < -0.3 is 0 Å². The van der Waals surface area contributed by atoms with E-state index < -0.39 is 0 Å². The number of rotatable bonds is 1. The third-order valence-electron chi connectivity index (χ3n) is 2.47. The molecule has 1 aliphatic heterocycles. The van der Waals surface area contributed by atoms with Gasteiger partial charge in [-0.2, -0.15) is 0 Å². The molecule has 3 nitrogen and oxygen atoms in total. The number of allylic oxidation sites excluding steroid dienone is 4. The second-order valence-electron chi connectivity index (χ2n) is 3.50. The number of carbonyl (C=O) groups excluding carboxylic acids is 2. The molecule has 1 atom stereocenters. The number of nitrogens with zero attached hydrogens (tertiary/aromatic N) is 1. The molecule has 1 aliphatic carbocycles. The molecule has 0 spiro atoms. The van der Waals surface area contributed by atoms with Gasteiger partial charge >= 0.3 is 0 Å². The summed E-state index contributed by atoms with van der Waals surface area (Å²) >= 11 is 0. The average Bonchev–Trinajstić information content (AvgIpc) is 2.48. The largest absolute Gasteiger partial charge is 0.269 e. The van der Waals surface area contributed by atoms with Gasteiger partial charge in [0.05, 0.1) is 0 Å². The van der Waals surface area contributed by atoms with Gasteiger partial charge in [-0.1, -0.05) is 19.1 Å². The third-order valence-corrected chi connectivity index (χ3v) is 2.47. The lowest BCUT2D eigenvalue weighted by molar-refractivity contribution is -0.134. The van der Waals surface area contributed by atoms with E-state index in [-0.39, 0.29) is 17.7 Å². The number of hydrogen-bond donors (Lipinski definition) is 0. The van der Waals surface area contributed by atoms with Gasteiger partial charge in [0.1, 0.15) is 0 Å². The molecular formula is C11H11NO2. The topological polar surface area (TPSA) is 37.4 Å². The first-order chi connectivity index (χ1) is 6.70. The van der Waals surface area contributed by atoms with E-state index in [1.54, 1.807) is 0 Å². The van der Waals surface area contributed by atoms with Crippen LogP contribution >= 0.6 is 0 Å². The van der Waals surface area contributed by atoms with Gasteiger partial charge in [0.15, 0.2) is 0 Å². The molecule has 14 heavy (non-hydrogen) atoms. The lowest BCUT2D eigenvalue weighted by atomic mass is 9.98. The van der Waals surface area contributed by atoms with E-state index in [2.05, 4.69) is 0 Å². The number of hydrogen-bond acceptors (Lipinski definition) is 2. The van der Waals surface area contributed by atoms with Crippen LogP contribution in [0.25, 0.3) is 0 Å². The molecular weight excluding hydrogens is 178 g/mol. The van der Waals surface area contributed by atoms with Crippen LogP contribution in [0.1, 0.15) is 13.3 Å². The minimum Gasteiger partial charge on any atom is -0.269 e. The van der Waals surface area contributed by atoms with Crippen molar-refractivity contribution >= 4 is 11.8 Å². The summed E-state index contributed by atoms with van der Waals surface area (Å²) < 4.78 is 0. The van der Waals surface area contributed by atoms with Crippen molar-refractivity contribution in [3.8, 4) is 0 Å². The Bertz CT molecular complexity index is 359. The highest BCUT2D eigenvalue weighted by Gasteiger charge is 2.29. The first-order valence-corrected chi connectivity index (χ1v) is 4.63. The van der Waals surface area contributed by atoms with Gasteiger partial charge in [-0.15, -0.1) is 0 Å². The standard InChI is InChI=1S/C11H11NO2/c1-8-4-2-3-5-9(8)12-10(13)6-7-11(12)14/h2-3,5-8H,4H2,1H3. The molecule has 3 heteroatoms. The van der Waals surface area contributed by atoms with Crippen molar-refractivity contribution in [1.82, 2.24) is 4.90 Å². The zero-order chi connectivity index (χ0) is 10.1. The van der Waals surface area contributed by atoms with E-state index >= 15 is 0 Å². The Kier molecular flexibility index (Phi) is 2.08. The van der Waals surface area contributed by atoms with Gasteiger partial charge in [0.2, 0.25) is 0 Å². The van der Waals surface area contributed by atoms with E-state index in [1.165, 1.54) is 17.1 Å². The van der Waals surface area contributed by atoms with Crippen molar-refractivity contribution in [2.45, 2.75) is 13.3 Å². The first-order valence-electron chi connectivity index (χ1n) is 4.63. The SMILES string of the molecule is CC1CC=CC=C1N1C(=O)C=CC1=O. The van der Waals surface area contributed by atoms with E-state index in [9.17, 15) is 9.59 Å². The summed E-state index contributed by atoms with van der Waals surface area (Å²) in [5.74, 6) is -0.236. The van der Waals surface area contributed by atoms with Crippen LogP contribution < -0.4 is 0 Å². The third kappa shape index (κ3) is 1.31. The van der Waals surface area contributed by atoms with Crippen molar-refractivity contribution < 1.29 is 9.59 Å². The van der Waals surface area contributed by atoms with Crippen LogP contribution in [-0.2, 0) is 9.59 Å². The molecule has 72 valence electrons. The zero-order valence-electron chi connectivity index (χ0n) is 7.93. The smallest absolute Gasteiger partial charge is 0.257 e. The second-order valence-corrected chi connectivity index (χ2v) is 3.50. The van der Waals surface area contributed by atoms with Gasteiger partial charge in [0, 0.05) is 23.8 Å². The van der Waals surface area contributed by atoms with Gasteiger partial charge in [0.25, 0.3) is 11.8 Å². The Hall–Kier alpha value is -1.64. The van der Waals surface area contributed by atoms with Crippen LogP contribution in [-0.4, -0.2) is 16.7 Å². The van der Waals surface area contributed by atoms with E-state index in [1.807, 2.05) is 25.2 Å². The Morgan fingerprint density at radius 3 is 2.50 bits per heavy atom. The highest BCUT2D eigenvalue weighted by atomic mass is 16.2. The van der Waals surface area contributed by atoms with E-state index in [0.717, 1.165) is 12.1 Å². The Morgan fingerprint density at radius 1 is 1.29 bits per heavy atom.